The molecule has 1 aliphatic rings. The summed E-state index contributed by atoms with van der Waals surface area (Å²) in [7, 11) is 1.63. The fourth-order valence-corrected chi connectivity index (χ4v) is 3.87. The van der Waals surface area contributed by atoms with Crippen molar-refractivity contribution in [3.63, 3.8) is 0 Å². The predicted molar refractivity (Wildman–Crippen MR) is 128 cm³/mol. The lowest BCUT2D eigenvalue weighted by Crippen LogP contribution is -2.23. The number of fused-ring (bicyclic) bond motifs is 1. The fourth-order valence-electron chi connectivity index (χ4n) is 3.87. The molecule has 3 aromatic carbocycles. The number of nitrogens with zero attached hydrogens (tertiary/aromatic N) is 2. The van der Waals surface area contributed by atoms with Crippen LogP contribution in [-0.4, -0.2) is 29.6 Å². The number of hydrogen-bond donors (Lipinski definition) is 1. The van der Waals surface area contributed by atoms with Gasteiger partial charge >= 0.3 is 0 Å². The number of nitrogens with one attached hydrogen (secondary N) is 1. The van der Waals surface area contributed by atoms with E-state index in [1.54, 1.807) is 7.11 Å². The van der Waals surface area contributed by atoms with Gasteiger partial charge < -0.3 is 19.5 Å². The molecule has 172 valence electrons. The third-order valence-corrected chi connectivity index (χ3v) is 5.73. The highest BCUT2D eigenvalue weighted by Crippen LogP contribution is 2.36. The molecule has 1 amide bonds. The van der Waals surface area contributed by atoms with Crippen LogP contribution in [0, 0.1) is 0 Å². The van der Waals surface area contributed by atoms with E-state index in [2.05, 4.69) is 5.32 Å². The van der Waals surface area contributed by atoms with Crippen LogP contribution in [-0.2, 0) is 17.8 Å². The summed E-state index contributed by atoms with van der Waals surface area (Å²) in [5, 5.41) is 7.84. The minimum Gasteiger partial charge on any atom is -0.497 e. The van der Waals surface area contributed by atoms with E-state index in [0.29, 0.717) is 25.1 Å². The Morgan fingerprint density at radius 2 is 1.82 bits per heavy atom. The molecule has 0 fully saturated rings. The van der Waals surface area contributed by atoms with Crippen molar-refractivity contribution in [1.29, 1.82) is 0 Å². The Hall–Kier alpha value is -4.26. The lowest BCUT2D eigenvalue weighted by atomic mass is 10.0. The van der Waals surface area contributed by atoms with Crippen molar-refractivity contribution in [2.24, 2.45) is 0 Å². The van der Waals surface area contributed by atoms with Crippen LogP contribution < -0.4 is 19.5 Å². The Bertz CT molecular complexity index is 1280. The Morgan fingerprint density at radius 3 is 2.62 bits per heavy atom. The predicted octanol–water partition coefficient (Wildman–Crippen LogP) is 4.53. The summed E-state index contributed by atoms with van der Waals surface area (Å²) in [6.07, 6.45) is 2.91. The van der Waals surface area contributed by atoms with E-state index in [9.17, 15) is 4.79 Å². The number of ether oxygens (including phenoxy) is 3. The molecule has 5 rings (SSSR count). The molecule has 1 aromatic heterocycles. The summed E-state index contributed by atoms with van der Waals surface area (Å²) in [6, 6.07) is 23.4. The highest BCUT2D eigenvalue weighted by atomic mass is 16.7. The number of rotatable bonds is 8. The molecule has 0 saturated heterocycles. The monoisotopic (exact) mass is 455 g/mol. The number of amides is 1. The number of aryl methyl sites for hydroxylation is 1. The van der Waals surface area contributed by atoms with Gasteiger partial charge in [-0.3, -0.25) is 4.79 Å². The van der Waals surface area contributed by atoms with Crippen LogP contribution in [0.25, 0.3) is 16.9 Å². The van der Waals surface area contributed by atoms with E-state index in [-0.39, 0.29) is 12.7 Å². The maximum absolute atomic E-state index is 12.6. The van der Waals surface area contributed by atoms with Gasteiger partial charge in [0, 0.05) is 24.7 Å². The third-order valence-electron chi connectivity index (χ3n) is 5.73. The number of aromatic nitrogens is 2. The third kappa shape index (κ3) is 4.73. The van der Waals surface area contributed by atoms with Gasteiger partial charge in [-0.2, -0.15) is 5.10 Å². The van der Waals surface area contributed by atoms with Crippen LogP contribution in [0.4, 0.5) is 0 Å². The Morgan fingerprint density at radius 1 is 1.03 bits per heavy atom. The summed E-state index contributed by atoms with van der Waals surface area (Å²) in [5.41, 5.74) is 4.71. The topological polar surface area (TPSA) is 74.6 Å². The first-order valence-electron chi connectivity index (χ1n) is 11.1. The maximum Gasteiger partial charge on any atom is 0.231 e. The molecule has 1 N–H and O–H groups in total. The van der Waals surface area contributed by atoms with Gasteiger partial charge in [0.2, 0.25) is 12.7 Å². The minimum atomic E-state index is -0.0140. The van der Waals surface area contributed by atoms with Crippen molar-refractivity contribution >= 4 is 5.91 Å². The number of para-hydroxylation sites is 1. The summed E-state index contributed by atoms with van der Waals surface area (Å²) in [6.45, 7) is 0.694. The number of hydrogen-bond acceptors (Lipinski definition) is 5. The zero-order valence-electron chi connectivity index (χ0n) is 18.9. The second kappa shape index (κ2) is 9.70. The average molecular weight is 456 g/mol. The maximum atomic E-state index is 12.6. The van der Waals surface area contributed by atoms with E-state index in [1.165, 1.54) is 0 Å². The highest BCUT2D eigenvalue weighted by molar-refractivity contribution is 5.77. The molecule has 0 bridgehead atoms. The van der Waals surface area contributed by atoms with Crippen molar-refractivity contribution in [1.82, 2.24) is 15.1 Å². The molecule has 0 aliphatic carbocycles. The lowest BCUT2D eigenvalue weighted by molar-refractivity contribution is -0.121. The van der Waals surface area contributed by atoms with Gasteiger partial charge in [0.25, 0.3) is 0 Å². The van der Waals surface area contributed by atoms with Gasteiger partial charge in [-0.05, 0) is 60.0 Å². The van der Waals surface area contributed by atoms with Gasteiger partial charge in [-0.15, -0.1) is 0 Å². The molecule has 0 atom stereocenters. The fraction of sp³-hybridized carbons (Fsp3) is 0.185. The van der Waals surface area contributed by atoms with Crippen molar-refractivity contribution in [3.05, 3.63) is 90.1 Å². The molecule has 1 aliphatic heterocycles. The molecular weight excluding hydrogens is 430 g/mol. The quantitative estimate of drug-likeness (QED) is 0.423. The van der Waals surface area contributed by atoms with Gasteiger partial charge in [0.05, 0.1) is 18.5 Å². The number of carbonyl (C=O) groups is 1. The molecule has 7 heteroatoms. The molecular formula is C27H25N3O4. The second-order valence-electron chi connectivity index (χ2n) is 7.98. The smallest absolute Gasteiger partial charge is 0.231 e. The first-order chi connectivity index (χ1) is 16.7. The van der Waals surface area contributed by atoms with E-state index in [0.717, 1.165) is 39.6 Å². The minimum absolute atomic E-state index is 0.0140. The van der Waals surface area contributed by atoms with Crippen LogP contribution in [0.5, 0.6) is 17.2 Å². The largest absolute Gasteiger partial charge is 0.497 e. The summed E-state index contributed by atoms with van der Waals surface area (Å²) in [4.78, 5) is 12.6. The zero-order valence-corrected chi connectivity index (χ0v) is 18.9. The van der Waals surface area contributed by atoms with Gasteiger partial charge in [0.15, 0.2) is 11.5 Å². The second-order valence-corrected chi connectivity index (χ2v) is 7.98. The molecule has 7 nitrogen and oxygen atoms in total. The van der Waals surface area contributed by atoms with E-state index >= 15 is 0 Å². The molecule has 2 heterocycles. The van der Waals surface area contributed by atoms with Crippen LogP contribution in [0.15, 0.2) is 79.0 Å². The van der Waals surface area contributed by atoms with E-state index < -0.39 is 0 Å². The average Bonchev–Trinajstić information content (AvgIpc) is 3.54. The van der Waals surface area contributed by atoms with Gasteiger partial charge in [-0.25, -0.2) is 4.68 Å². The number of methoxy groups -OCH3 is 1. The summed E-state index contributed by atoms with van der Waals surface area (Å²) >= 11 is 0. The number of carbonyl (C=O) groups excluding carboxylic acids is 1. The van der Waals surface area contributed by atoms with Crippen molar-refractivity contribution in [2.75, 3.05) is 13.9 Å². The van der Waals surface area contributed by atoms with Crippen molar-refractivity contribution in [3.8, 4) is 34.2 Å². The van der Waals surface area contributed by atoms with Crippen LogP contribution in [0.3, 0.4) is 0 Å². The summed E-state index contributed by atoms with van der Waals surface area (Å²) in [5.74, 6) is 2.21. The lowest BCUT2D eigenvalue weighted by Gasteiger charge is -2.07. The molecule has 34 heavy (non-hydrogen) atoms. The first kappa shape index (κ1) is 21.6. The standard InChI is InChI=1S/C27H25N3O4/c1-32-23-11-7-19(8-12-23)16-28-26(31)14-10-21-17-30(22-5-3-2-4-6-22)29-27(21)20-9-13-24-25(15-20)34-18-33-24/h2-9,11-13,15,17H,10,14,16,18H2,1H3,(H,28,31). The molecule has 4 aromatic rings. The van der Waals surface area contributed by atoms with E-state index in [4.69, 9.17) is 19.3 Å². The van der Waals surface area contributed by atoms with Gasteiger partial charge in [-0.1, -0.05) is 30.3 Å². The van der Waals surface area contributed by atoms with Crippen molar-refractivity contribution in [2.45, 2.75) is 19.4 Å². The molecule has 0 saturated carbocycles. The first-order valence-corrected chi connectivity index (χ1v) is 11.1. The van der Waals surface area contributed by atoms with Crippen LogP contribution in [0.1, 0.15) is 17.5 Å². The Labute approximate surface area is 197 Å². The van der Waals surface area contributed by atoms with Gasteiger partial charge in [0.1, 0.15) is 5.75 Å². The molecule has 0 radical (unpaired) electrons. The zero-order chi connectivity index (χ0) is 23.3. The van der Waals surface area contributed by atoms with Crippen molar-refractivity contribution < 1.29 is 19.0 Å². The summed E-state index contributed by atoms with van der Waals surface area (Å²) < 4.78 is 18.0. The normalized spacial score (nSPS) is 11.9. The Balaban J connectivity index is 1.32. The van der Waals surface area contributed by atoms with Crippen LogP contribution in [0.2, 0.25) is 0 Å². The molecule has 0 unspecified atom stereocenters. The Kier molecular flexibility index (Phi) is 6.16. The SMILES string of the molecule is COc1ccc(CNC(=O)CCc2cn(-c3ccccc3)nc2-c2ccc3c(c2)OCO3)cc1. The van der Waals surface area contributed by atoms with Crippen LogP contribution >= 0.6 is 0 Å². The van der Waals surface area contributed by atoms with E-state index in [1.807, 2.05) is 83.7 Å². The molecule has 0 spiro atoms. The highest BCUT2D eigenvalue weighted by Gasteiger charge is 2.18. The number of benzene rings is 3.